The number of amides is 1. The van der Waals surface area contributed by atoms with Crippen LogP contribution in [0.5, 0.6) is 0 Å². The molecule has 1 aromatic rings. The summed E-state index contributed by atoms with van der Waals surface area (Å²) in [5, 5.41) is 0. The van der Waals surface area contributed by atoms with Crippen molar-refractivity contribution in [1.82, 2.24) is 5.43 Å². The highest BCUT2D eigenvalue weighted by atomic mass is 16.5. The van der Waals surface area contributed by atoms with Crippen LogP contribution in [0, 0.1) is 0 Å². The van der Waals surface area contributed by atoms with Crippen molar-refractivity contribution in [3.8, 4) is 0 Å². The molecule has 1 aromatic carbocycles. The molecule has 0 fully saturated rings. The van der Waals surface area contributed by atoms with Crippen LogP contribution >= 0.6 is 0 Å². The molecule has 16 heavy (non-hydrogen) atoms. The van der Waals surface area contributed by atoms with Crippen LogP contribution in [0.25, 0.3) is 0 Å². The standard InChI is InChI=1S/C12H18N2O2/c1-12(2,3)16-10(11(15)14-13)9-7-5-4-6-8-9/h4-8,10H,13H2,1-3H3,(H,14,15). The third-order valence-corrected chi connectivity index (χ3v) is 1.95. The quantitative estimate of drug-likeness (QED) is 0.463. The average Bonchev–Trinajstić information content (AvgIpc) is 2.25. The van der Waals surface area contributed by atoms with E-state index in [4.69, 9.17) is 10.6 Å². The summed E-state index contributed by atoms with van der Waals surface area (Å²) in [6.07, 6.45) is -0.675. The maximum absolute atomic E-state index is 11.6. The molecule has 88 valence electrons. The first-order chi connectivity index (χ1) is 7.44. The van der Waals surface area contributed by atoms with Crippen molar-refractivity contribution in [2.75, 3.05) is 0 Å². The Morgan fingerprint density at radius 2 is 1.88 bits per heavy atom. The Hall–Kier alpha value is -1.39. The summed E-state index contributed by atoms with van der Waals surface area (Å²) in [7, 11) is 0. The SMILES string of the molecule is CC(C)(C)OC(C(=O)NN)c1ccccc1. The number of carbonyl (C=O) groups is 1. The number of hydrogen-bond donors (Lipinski definition) is 2. The Morgan fingerprint density at radius 1 is 1.31 bits per heavy atom. The van der Waals surface area contributed by atoms with Crippen LogP contribution in [0.4, 0.5) is 0 Å². The fourth-order valence-electron chi connectivity index (χ4n) is 1.33. The molecule has 3 N–H and O–H groups in total. The first kappa shape index (κ1) is 12.7. The number of hydrazine groups is 1. The van der Waals surface area contributed by atoms with Gasteiger partial charge in [0.05, 0.1) is 5.60 Å². The lowest BCUT2D eigenvalue weighted by molar-refractivity contribution is -0.143. The molecule has 0 heterocycles. The van der Waals surface area contributed by atoms with Crippen LogP contribution in [0.1, 0.15) is 32.4 Å². The van der Waals surface area contributed by atoms with E-state index in [0.717, 1.165) is 5.56 Å². The molecule has 0 radical (unpaired) electrons. The third-order valence-electron chi connectivity index (χ3n) is 1.95. The predicted molar refractivity (Wildman–Crippen MR) is 62.4 cm³/mol. The van der Waals surface area contributed by atoms with E-state index in [1.807, 2.05) is 51.1 Å². The van der Waals surface area contributed by atoms with E-state index < -0.39 is 11.7 Å². The van der Waals surface area contributed by atoms with Crippen LogP contribution in [-0.4, -0.2) is 11.5 Å². The molecule has 4 nitrogen and oxygen atoms in total. The second-order valence-corrected chi connectivity index (χ2v) is 4.53. The molecule has 0 aliphatic heterocycles. The molecule has 0 bridgehead atoms. The van der Waals surface area contributed by atoms with Gasteiger partial charge in [-0.05, 0) is 26.3 Å². The smallest absolute Gasteiger partial charge is 0.267 e. The monoisotopic (exact) mass is 222 g/mol. The zero-order chi connectivity index (χ0) is 12.2. The van der Waals surface area contributed by atoms with Gasteiger partial charge in [0.15, 0.2) is 6.10 Å². The molecular formula is C12H18N2O2. The van der Waals surface area contributed by atoms with E-state index in [2.05, 4.69) is 5.43 Å². The van der Waals surface area contributed by atoms with E-state index in [-0.39, 0.29) is 5.91 Å². The Morgan fingerprint density at radius 3 is 2.31 bits per heavy atom. The number of nitrogens with two attached hydrogens (primary N) is 1. The topological polar surface area (TPSA) is 64.3 Å². The third kappa shape index (κ3) is 3.64. The van der Waals surface area contributed by atoms with Gasteiger partial charge in [-0.25, -0.2) is 5.84 Å². The second kappa shape index (κ2) is 5.09. The summed E-state index contributed by atoms with van der Waals surface area (Å²) < 4.78 is 5.68. The van der Waals surface area contributed by atoms with Crippen molar-refractivity contribution in [2.24, 2.45) is 5.84 Å². The summed E-state index contributed by atoms with van der Waals surface area (Å²) in [5.41, 5.74) is 2.50. The Labute approximate surface area is 95.8 Å². The molecule has 1 atom stereocenters. The van der Waals surface area contributed by atoms with Gasteiger partial charge in [0.1, 0.15) is 0 Å². The van der Waals surface area contributed by atoms with Gasteiger partial charge < -0.3 is 4.74 Å². The van der Waals surface area contributed by atoms with Gasteiger partial charge >= 0.3 is 0 Å². The van der Waals surface area contributed by atoms with Crippen molar-refractivity contribution in [3.05, 3.63) is 35.9 Å². The molecule has 4 heteroatoms. The molecule has 0 aliphatic rings. The Kier molecular flexibility index (Phi) is 4.04. The fourth-order valence-corrected chi connectivity index (χ4v) is 1.33. The summed E-state index contributed by atoms with van der Waals surface area (Å²) in [6.45, 7) is 5.69. The molecule has 0 aliphatic carbocycles. The van der Waals surface area contributed by atoms with Gasteiger partial charge in [-0.2, -0.15) is 0 Å². The number of carbonyl (C=O) groups excluding carboxylic acids is 1. The first-order valence-electron chi connectivity index (χ1n) is 5.17. The number of nitrogens with one attached hydrogen (secondary N) is 1. The molecule has 0 saturated heterocycles. The van der Waals surface area contributed by atoms with Gasteiger partial charge in [0.2, 0.25) is 0 Å². The van der Waals surface area contributed by atoms with Gasteiger partial charge in [-0.3, -0.25) is 10.2 Å². The maximum Gasteiger partial charge on any atom is 0.267 e. The van der Waals surface area contributed by atoms with Crippen LogP contribution < -0.4 is 11.3 Å². The average molecular weight is 222 g/mol. The molecule has 0 saturated carbocycles. The summed E-state index contributed by atoms with van der Waals surface area (Å²) >= 11 is 0. The Balaban J connectivity index is 2.93. The van der Waals surface area contributed by atoms with Crippen LogP contribution in [0.3, 0.4) is 0 Å². The lowest BCUT2D eigenvalue weighted by atomic mass is 10.1. The normalized spacial score (nSPS) is 13.2. The Bertz CT molecular complexity index is 344. The van der Waals surface area contributed by atoms with Gasteiger partial charge in [0.25, 0.3) is 5.91 Å². The van der Waals surface area contributed by atoms with Crippen molar-refractivity contribution in [1.29, 1.82) is 0 Å². The van der Waals surface area contributed by atoms with Crippen molar-refractivity contribution in [2.45, 2.75) is 32.5 Å². The van der Waals surface area contributed by atoms with Gasteiger partial charge in [-0.15, -0.1) is 0 Å². The molecule has 1 unspecified atom stereocenters. The first-order valence-corrected chi connectivity index (χ1v) is 5.17. The molecule has 0 aromatic heterocycles. The number of rotatable bonds is 3. The molecule has 0 spiro atoms. The molecule has 1 amide bonds. The zero-order valence-electron chi connectivity index (χ0n) is 9.86. The summed E-state index contributed by atoms with van der Waals surface area (Å²) in [4.78, 5) is 11.6. The fraction of sp³-hybridized carbons (Fsp3) is 0.417. The number of ether oxygens (including phenoxy) is 1. The predicted octanol–water partition coefficient (Wildman–Crippen LogP) is 1.53. The number of hydrogen-bond acceptors (Lipinski definition) is 3. The van der Waals surface area contributed by atoms with Gasteiger partial charge in [-0.1, -0.05) is 30.3 Å². The van der Waals surface area contributed by atoms with Crippen LogP contribution in [0.2, 0.25) is 0 Å². The van der Waals surface area contributed by atoms with E-state index >= 15 is 0 Å². The minimum absolute atomic E-state index is 0.346. The van der Waals surface area contributed by atoms with Crippen LogP contribution in [-0.2, 0) is 9.53 Å². The van der Waals surface area contributed by atoms with Crippen molar-refractivity contribution in [3.63, 3.8) is 0 Å². The summed E-state index contributed by atoms with van der Waals surface area (Å²) in [5.74, 6) is 4.80. The lowest BCUT2D eigenvalue weighted by Gasteiger charge is -2.26. The second-order valence-electron chi connectivity index (χ2n) is 4.53. The van der Waals surface area contributed by atoms with Crippen molar-refractivity contribution >= 4 is 5.91 Å². The van der Waals surface area contributed by atoms with Crippen molar-refractivity contribution < 1.29 is 9.53 Å². The van der Waals surface area contributed by atoms with Gasteiger partial charge in [0, 0.05) is 0 Å². The van der Waals surface area contributed by atoms with Crippen LogP contribution in [0.15, 0.2) is 30.3 Å². The van der Waals surface area contributed by atoms with E-state index in [9.17, 15) is 4.79 Å². The summed E-state index contributed by atoms with van der Waals surface area (Å²) in [6, 6.07) is 9.28. The zero-order valence-corrected chi connectivity index (χ0v) is 9.86. The largest absolute Gasteiger partial charge is 0.358 e. The maximum atomic E-state index is 11.6. The minimum Gasteiger partial charge on any atom is -0.358 e. The number of benzene rings is 1. The molecular weight excluding hydrogens is 204 g/mol. The highest BCUT2D eigenvalue weighted by molar-refractivity contribution is 5.81. The highest BCUT2D eigenvalue weighted by Crippen LogP contribution is 2.23. The molecule has 1 rings (SSSR count). The van der Waals surface area contributed by atoms with E-state index in [1.165, 1.54) is 0 Å². The van der Waals surface area contributed by atoms with E-state index in [0.29, 0.717) is 0 Å². The lowest BCUT2D eigenvalue weighted by Crippen LogP contribution is -2.38. The highest BCUT2D eigenvalue weighted by Gasteiger charge is 2.26. The minimum atomic E-state index is -0.675. The van der Waals surface area contributed by atoms with E-state index in [1.54, 1.807) is 0 Å².